The Hall–Kier alpha value is -5.24. The SMILES string of the molecule is C[C@H]1c2ccc(NC(=O)OCC3c4ccccc4-c4ccccc43)c(O)c2C(=O)C2C(=O)[C@@]3(O)C(=O)C(C(N)=O)C(=O)[C@@H](N(C)C)C3[C@@H](O)C21. The number of Topliss-reactive ketones (excluding diaryl/α,β-unsaturated/α-hetero) is 4. The van der Waals surface area contributed by atoms with Crippen molar-refractivity contribution in [3.63, 3.8) is 0 Å². The highest BCUT2D eigenvalue weighted by Crippen LogP contribution is 2.55. The van der Waals surface area contributed by atoms with Crippen LogP contribution in [-0.2, 0) is 23.9 Å². The number of ketones is 4. The summed E-state index contributed by atoms with van der Waals surface area (Å²) >= 11 is 0. The number of phenols is 1. The highest BCUT2D eigenvalue weighted by molar-refractivity contribution is 6.32. The van der Waals surface area contributed by atoms with Gasteiger partial charge in [0.15, 0.2) is 34.7 Å². The lowest BCUT2D eigenvalue weighted by Crippen LogP contribution is -2.77. The number of anilines is 1. The molecule has 3 aromatic rings. The van der Waals surface area contributed by atoms with Gasteiger partial charge in [-0.05, 0) is 53.9 Å². The maximum Gasteiger partial charge on any atom is 0.411 e. The van der Waals surface area contributed by atoms with Crippen LogP contribution < -0.4 is 11.1 Å². The van der Waals surface area contributed by atoms with Gasteiger partial charge < -0.3 is 25.8 Å². The Morgan fingerprint density at radius 3 is 2.10 bits per heavy atom. The number of carbonyl (C=O) groups excluding carboxylic acids is 6. The fourth-order valence-electron chi connectivity index (χ4n) is 8.83. The summed E-state index contributed by atoms with van der Waals surface area (Å²) in [7, 11) is 2.85. The van der Waals surface area contributed by atoms with Gasteiger partial charge in [0.2, 0.25) is 5.91 Å². The van der Waals surface area contributed by atoms with E-state index in [4.69, 9.17) is 10.5 Å². The lowest BCUT2D eigenvalue weighted by Gasteiger charge is -2.56. The van der Waals surface area contributed by atoms with Gasteiger partial charge in [0.05, 0.1) is 35.2 Å². The molecule has 2 saturated carbocycles. The van der Waals surface area contributed by atoms with Gasteiger partial charge in [0, 0.05) is 11.8 Å². The molecule has 3 aromatic carbocycles. The van der Waals surface area contributed by atoms with Crippen LogP contribution in [0.1, 0.15) is 45.8 Å². The molecule has 50 heavy (non-hydrogen) atoms. The van der Waals surface area contributed by atoms with Crippen LogP contribution in [0, 0.1) is 23.7 Å². The van der Waals surface area contributed by atoms with Gasteiger partial charge in [-0.15, -0.1) is 0 Å². The molecule has 0 radical (unpaired) electrons. The number of amides is 2. The predicted molar refractivity (Wildman–Crippen MR) is 176 cm³/mol. The van der Waals surface area contributed by atoms with Gasteiger partial charge in [0.1, 0.15) is 12.4 Å². The number of primary amides is 1. The zero-order chi connectivity index (χ0) is 36.0. The standard InChI is InChI=1S/C37H35N3O10/c1-15-16-12-13-22(39-36(48)50-14-21-19-10-6-4-8-17(19)18-9-5-7-11-20(18)21)29(41)24(16)30(42)25-23(15)31(43)27-28(40(2)3)32(44)26(35(38)47)34(46)37(27,49)33(25)45/h4-13,15,21,23,25-28,31,41,43,49H,14H2,1-3H3,(H2,38,47)(H,39,48)/t15-,23?,25?,26?,27?,28-,31-,37+/m0/s1. The Morgan fingerprint density at radius 2 is 1.52 bits per heavy atom. The second kappa shape index (κ2) is 11.7. The fraction of sp³-hybridized carbons (Fsp3) is 0.351. The first-order chi connectivity index (χ1) is 23.7. The number of phenolic OH excluding ortho intramolecular Hbond substituents is 1. The molecule has 0 bridgehead atoms. The summed E-state index contributed by atoms with van der Waals surface area (Å²) in [5.74, 6) is -14.8. The molecule has 2 fully saturated rings. The summed E-state index contributed by atoms with van der Waals surface area (Å²) in [6.07, 6.45) is -2.66. The van der Waals surface area contributed by atoms with Crippen molar-refractivity contribution in [3.05, 3.63) is 82.9 Å². The predicted octanol–water partition coefficient (Wildman–Crippen LogP) is 1.76. The summed E-state index contributed by atoms with van der Waals surface area (Å²) in [4.78, 5) is 81.8. The summed E-state index contributed by atoms with van der Waals surface area (Å²) in [6.45, 7) is 1.58. The van der Waals surface area contributed by atoms with E-state index < -0.39 is 88.2 Å². The molecular weight excluding hydrogens is 646 g/mol. The van der Waals surface area contributed by atoms with E-state index in [0.717, 1.165) is 22.3 Å². The summed E-state index contributed by atoms with van der Waals surface area (Å²) < 4.78 is 5.59. The number of likely N-dealkylation sites (N-methyl/N-ethyl adjacent to an activating group) is 1. The molecule has 0 aromatic heterocycles. The van der Waals surface area contributed by atoms with Gasteiger partial charge in [-0.25, -0.2) is 4.79 Å². The summed E-state index contributed by atoms with van der Waals surface area (Å²) in [6, 6.07) is 17.0. The Bertz CT molecular complexity index is 1980. The minimum Gasteiger partial charge on any atom is -0.505 e. The maximum atomic E-state index is 14.2. The first-order valence-corrected chi connectivity index (χ1v) is 16.2. The van der Waals surface area contributed by atoms with Crippen LogP contribution in [0.15, 0.2) is 60.7 Å². The number of hydrogen-bond donors (Lipinski definition) is 5. The lowest BCUT2D eigenvalue weighted by molar-refractivity contribution is -0.196. The molecule has 4 aliphatic rings. The van der Waals surface area contributed by atoms with Crippen LogP contribution in [0.4, 0.5) is 10.5 Å². The number of fused-ring (bicyclic) bond motifs is 6. The van der Waals surface area contributed by atoms with E-state index in [1.165, 1.54) is 31.1 Å². The molecule has 13 heteroatoms. The molecule has 0 aliphatic heterocycles. The molecule has 0 heterocycles. The molecule has 2 amide bonds. The highest BCUT2D eigenvalue weighted by atomic mass is 16.5. The Morgan fingerprint density at radius 1 is 0.920 bits per heavy atom. The Labute approximate surface area is 286 Å². The van der Waals surface area contributed by atoms with Crippen LogP contribution in [0.25, 0.3) is 11.1 Å². The zero-order valence-electron chi connectivity index (χ0n) is 27.3. The Balaban J connectivity index is 1.18. The summed E-state index contributed by atoms with van der Waals surface area (Å²) in [5, 5.41) is 37.4. The van der Waals surface area contributed by atoms with Crippen LogP contribution >= 0.6 is 0 Å². The number of carbonyl (C=O) groups is 6. The third-order valence-electron chi connectivity index (χ3n) is 11.1. The molecular formula is C37H35N3O10. The number of ether oxygens (including phenoxy) is 1. The van der Waals surface area contributed by atoms with Gasteiger partial charge in [-0.2, -0.15) is 0 Å². The average molecular weight is 682 g/mol. The lowest BCUT2D eigenvalue weighted by atomic mass is 9.49. The second-order valence-corrected chi connectivity index (χ2v) is 13.7. The normalized spacial score (nSPS) is 29.8. The van der Waals surface area contributed by atoms with Crippen molar-refractivity contribution in [1.82, 2.24) is 4.90 Å². The molecule has 13 nitrogen and oxygen atoms in total. The third-order valence-corrected chi connectivity index (χ3v) is 11.1. The van der Waals surface area contributed by atoms with E-state index >= 15 is 0 Å². The van der Waals surface area contributed by atoms with Crippen molar-refractivity contribution in [2.75, 3.05) is 26.0 Å². The minimum absolute atomic E-state index is 0.0197. The number of aliphatic hydroxyl groups is 2. The number of benzene rings is 3. The molecule has 8 atom stereocenters. The molecule has 0 spiro atoms. The van der Waals surface area contributed by atoms with E-state index in [2.05, 4.69) is 5.32 Å². The van der Waals surface area contributed by atoms with Crippen molar-refractivity contribution in [1.29, 1.82) is 0 Å². The number of aliphatic hydroxyl groups excluding tert-OH is 1. The van der Waals surface area contributed by atoms with Crippen molar-refractivity contribution < 1.29 is 48.8 Å². The van der Waals surface area contributed by atoms with Gasteiger partial charge in [0.25, 0.3) is 0 Å². The smallest absolute Gasteiger partial charge is 0.411 e. The van der Waals surface area contributed by atoms with E-state index in [-0.39, 0.29) is 29.3 Å². The highest BCUT2D eigenvalue weighted by Gasteiger charge is 2.73. The first kappa shape index (κ1) is 33.3. The van der Waals surface area contributed by atoms with Crippen molar-refractivity contribution in [2.45, 2.75) is 36.5 Å². The molecule has 6 N–H and O–H groups in total. The van der Waals surface area contributed by atoms with Crippen LogP contribution in [0.2, 0.25) is 0 Å². The zero-order valence-corrected chi connectivity index (χ0v) is 27.3. The molecule has 7 rings (SSSR count). The van der Waals surface area contributed by atoms with Gasteiger partial charge in [-0.3, -0.25) is 34.2 Å². The van der Waals surface area contributed by atoms with Crippen molar-refractivity contribution in [3.8, 4) is 16.9 Å². The Kier molecular flexibility index (Phi) is 7.77. The topological polar surface area (TPSA) is 214 Å². The maximum absolute atomic E-state index is 14.2. The fourth-order valence-corrected chi connectivity index (χ4v) is 8.83. The van der Waals surface area contributed by atoms with Gasteiger partial charge in [-0.1, -0.05) is 61.5 Å². The first-order valence-electron chi connectivity index (χ1n) is 16.2. The van der Waals surface area contributed by atoms with Crippen molar-refractivity contribution >= 4 is 40.8 Å². The van der Waals surface area contributed by atoms with E-state index in [9.17, 15) is 44.1 Å². The van der Waals surface area contributed by atoms with Crippen molar-refractivity contribution in [2.24, 2.45) is 29.4 Å². The number of rotatable bonds is 5. The largest absolute Gasteiger partial charge is 0.505 e. The quantitative estimate of drug-likeness (QED) is 0.193. The number of hydrogen-bond acceptors (Lipinski definition) is 11. The third kappa shape index (κ3) is 4.50. The second-order valence-electron chi connectivity index (χ2n) is 13.7. The molecule has 0 saturated heterocycles. The molecule has 4 unspecified atom stereocenters. The number of nitrogens with two attached hydrogens (primary N) is 1. The van der Waals surface area contributed by atoms with Crippen LogP contribution in [-0.4, -0.2) is 93.8 Å². The molecule has 4 aliphatic carbocycles. The minimum atomic E-state index is -3.11. The number of aromatic hydroxyl groups is 1. The number of nitrogens with one attached hydrogen (secondary N) is 1. The monoisotopic (exact) mass is 681 g/mol. The van der Waals surface area contributed by atoms with E-state index in [0.29, 0.717) is 0 Å². The van der Waals surface area contributed by atoms with Gasteiger partial charge >= 0.3 is 6.09 Å². The van der Waals surface area contributed by atoms with Crippen LogP contribution in [0.5, 0.6) is 5.75 Å². The van der Waals surface area contributed by atoms with E-state index in [1.807, 2.05) is 48.5 Å². The average Bonchev–Trinajstić information content (AvgIpc) is 3.39. The van der Waals surface area contributed by atoms with Crippen LogP contribution in [0.3, 0.4) is 0 Å². The number of nitrogens with zero attached hydrogens (tertiary/aromatic N) is 1. The molecule has 258 valence electrons. The summed E-state index contributed by atoms with van der Waals surface area (Å²) in [5.41, 5.74) is 6.04. The van der Waals surface area contributed by atoms with E-state index in [1.54, 1.807) is 6.92 Å².